The zero-order chi connectivity index (χ0) is 43.3. The van der Waals surface area contributed by atoms with Crippen LogP contribution in [0.2, 0.25) is 0 Å². The van der Waals surface area contributed by atoms with Crippen LogP contribution < -0.4 is 18.9 Å². The van der Waals surface area contributed by atoms with Crippen LogP contribution in [-0.2, 0) is 31.8 Å². The summed E-state index contributed by atoms with van der Waals surface area (Å²) in [4.78, 5) is 33.1. The van der Waals surface area contributed by atoms with E-state index in [-0.39, 0.29) is 29.4 Å². The number of methoxy groups -OCH3 is 6. The maximum absolute atomic E-state index is 13.5. The van der Waals surface area contributed by atoms with E-state index in [4.69, 9.17) is 37.6 Å². The number of aromatic amines is 1. The molecule has 324 valence electrons. The quantitative estimate of drug-likeness (QED) is 0.148. The van der Waals surface area contributed by atoms with Crippen molar-refractivity contribution < 1.29 is 47.2 Å². The molecule has 0 bridgehead atoms. The van der Waals surface area contributed by atoms with Crippen molar-refractivity contribution in [3.63, 3.8) is 0 Å². The van der Waals surface area contributed by atoms with Gasteiger partial charge in [0.1, 0.15) is 23.5 Å². The number of rotatable bonds is 8. The van der Waals surface area contributed by atoms with Crippen molar-refractivity contribution in [3.05, 3.63) is 125 Å². The van der Waals surface area contributed by atoms with Gasteiger partial charge < -0.3 is 42.6 Å². The van der Waals surface area contributed by atoms with Crippen molar-refractivity contribution in [3.8, 4) is 23.0 Å². The molecule has 4 aromatic carbocycles. The number of furan rings is 1. The van der Waals surface area contributed by atoms with Gasteiger partial charge in [-0.3, -0.25) is 9.69 Å². The lowest BCUT2D eigenvalue weighted by Crippen LogP contribution is -2.58. The number of fused-ring (bicyclic) bond motifs is 8. The fraction of sp³-hybridized carbons (Fsp3) is 0.360. The van der Waals surface area contributed by atoms with E-state index < -0.39 is 24.1 Å². The maximum atomic E-state index is 13.5. The number of carbonyl (C=O) groups excluding carboxylic acids is 2. The van der Waals surface area contributed by atoms with E-state index in [0.717, 1.165) is 54.6 Å². The number of hydrogen-bond acceptors (Lipinski definition) is 11. The molecule has 0 radical (unpaired) electrons. The van der Waals surface area contributed by atoms with Crippen LogP contribution in [-0.4, -0.2) is 89.8 Å². The topological polar surface area (TPSA) is 131 Å². The Bertz CT molecular complexity index is 2500. The second-order valence-electron chi connectivity index (χ2n) is 16.0. The number of allylic oxidation sites excluding steroid dienone is 1. The molecule has 1 N–H and O–H groups in total. The maximum Gasteiger partial charge on any atom is 0.338 e. The Hall–Kier alpha value is -6.24. The van der Waals surface area contributed by atoms with E-state index in [9.17, 15) is 9.59 Å². The van der Waals surface area contributed by atoms with E-state index in [1.165, 1.54) is 56.2 Å². The van der Waals surface area contributed by atoms with Crippen molar-refractivity contribution in [2.75, 3.05) is 55.7 Å². The Kier molecular flexibility index (Phi) is 12.9. The summed E-state index contributed by atoms with van der Waals surface area (Å²) in [6, 6.07) is 27.8. The first-order chi connectivity index (χ1) is 30.3. The van der Waals surface area contributed by atoms with Crippen molar-refractivity contribution >= 4 is 39.9 Å². The number of nitrogens with one attached hydrogen (secondary N) is 1. The van der Waals surface area contributed by atoms with Crippen LogP contribution in [0, 0.1) is 17.8 Å². The summed E-state index contributed by atoms with van der Waals surface area (Å²) in [5.74, 6) is 0.441. The summed E-state index contributed by atoms with van der Waals surface area (Å²) in [5, 5.41) is 2.38. The van der Waals surface area contributed by atoms with Crippen molar-refractivity contribution in [1.29, 1.82) is 0 Å². The van der Waals surface area contributed by atoms with Gasteiger partial charge in [-0.15, -0.1) is 0 Å². The summed E-state index contributed by atoms with van der Waals surface area (Å²) in [5.41, 5.74) is 7.63. The van der Waals surface area contributed by atoms with E-state index in [0.29, 0.717) is 23.7 Å². The van der Waals surface area contributed by atoms with Gasteiger partial charge in [0.25, 0.3) is 0 Å². The third-order valence-corrected chi connectivity index (χ3v) is 12.8. The van der Waals surface area contributed by atoms with Gasteiger partial charge in [-0.2, -0.15) is 0 Å². The predicted octanol–water partition coefficient (Wildman–Crippen LogP) is 8.86. The van der Waals surface area contributed by atoms with Crippen LogP contribution >= 0.6 is 0 Å². The molecule has 4 heterocycles. The van der Waals surface area contributed by atoms with Crippen LogP contribution in [0.3, 0.4) is 0 Å². The van der Waals surface area contributed by atoms with Gasteiger partial charge in [0.05, 0.1) is 59.3 Å². The first-order valence-corrected chi connectivity index (χ1v) is 21.0. The number of benzene rings is 4. The lowest BCUT2D eigenvalue weighted by atomic mass is 9.63. The number of esters is 2. The Labute approximate surface area is 361 Å². The third-order valence-electron chi connectivity index (χ3n) is 12.8. The molecule has 12 nitrogen and oxygen atoms in total. The predicted molar refractivity (Wildman–Crippen MR) is 236 cm³/mol. The number of nitrogens with zero attached hydrogens (tertiary/aromatic N) is 1. The molecule has 0 amide bonds. The molecule has 10 rings (SSSR count). The number of ether oxygens (including phenoxy) is 7. The molecular formula is C50H54N2O10. The number of carbonyl (C=O) groups is 2. The summed E-state index contributed by atoms with van der Waals surface area (Å²) in [6.07, 6.45) is 8.12. The summed E-state index contributed by atoms with van der Waals surface area (Å²) >= 11 is 0. The fourth-order valence-corrected chi connectivity index (χ4v) is 9.86. The number of hydrogen-bond donors (Lipinski definition) is 1. The smallest absolute Gasteiger partial charge is 0.338 e. The van der Waals surface area contributed by atoms with Gasteiger partial charge in [0.15, 0.2) is 11.5 Å². The van der Waals surface area contributed by atoms with Gasteiger partial charge in [0.2, 0.25) is 5.75 Å². The summed E-state index contributed by atoms with van der Waals surface area (Å²) < 4.78 is 44.2. The molecule has 2 aromatic heterocycles. The largest absolute Gasteiger partial charge is 0.497 e. The highest BCUT2D eigenvalue weighted by atomic mass is 16.6. The normalized spacial score (nSPS) is 22.0. The second kappa shape index (κ2) is 18.8. The average Bonchev–Trinajstić information content (AvgIpc) is 4.09. The molecule has 12 heteroatoms. The fourth-order valence-electron chi connectivity index (χ4n) is 9.86. The molecule has 2 fully saturated rings. The van der Waals surface area contributed by atoms with Gasteiger partial charge in [-0.25, -0.2) is 4.79 Å². The Morgan fingerprint density at radius 3 is 2.31 bits per heavy atom. The van der Waals surface area contributed by atoms with Crippen LogP contribution in [0.5, 0.6) is 23.0 Å². The van der Waals surface area contributed by atoms with Crippen LogP contribution in [0.25, 0.3) is 27.9 Å². The van der Waals surface area contributed by atoms with Crippen molar-refractivity contribution in [1.82, 2.24) is 9.88 Å². The van der Waals surface area contributed by atoms with E-state index in [1.807, 2.05) is 42.5 Å². The van der Waals surface area contributed by atoms with Gasteiger partial charge in [0, 0.05) is 48.2 Å². The van der Waals surface area contributed by atoms with Gasteiger partial charge in [-0.1, -0.05) is 54.6 Å². The minimum absolute atomic E-state index is 0.0170. The molecular weight excluding hydrogens is 789 g/mol. The van der Waals surface area contributed by atoms with E-state index in [1.54, 1.807) is 32.6 Å². The monoisotopic (exact) mass is 842 g/mol. The molecule has 0 spiro atoms. The number of aromatic nitrogens is 1. The Balaban J connectivity index is 0.000000238. The molecule has 0 unspecified atom stereocenters. The zero-order valence-corrected chi connectivity index (χ0v) is 36.1. The van der Waals surface area contributed by atoms with Crippen LogP contribution in [0.4, 0.5) is 0 Å². The standard InChI is InChI=1S/C33H40N2O9.C9H8.C8H6O/c1-38-19-7-8-20-21-9-10-35-16-18-13-27(44-32(36)17-11-25(39-2)30(41-4)26(12-17)40-3)31(42-5)28(33(37)43-6)22(18)15-24(35)29(21)34-23(20)14-19;1-2-5-9-7-3-6-8(9)4-1;1-2-4-8-7(3-1)5-6-9-8/h7-8,11-12,14,18,22,24,27-28,31,34H,9-10,13,15-16H2,1-6H3;1-6H,7H2;1-6H/t18-,22+,24-,27-,28+,31+;;/m1../s1. The molecule has 2 aliphatic heterocycles. The highest BCUT2D eigenvalue weighted by Crippen LogP contribution is 2.51. The first kappa shape index (κ1) is 42.5. The van der Waals surface area contributed by atoms with E-state index >= 15 is 0 Å². The minimum atomic E-state index is -0.670. The molecule has 62 heavy (non-hydrogen) atoms. The van der Waals surface area contributed by atoms with Crippen LogP contribution in [0.15, 0.2) is 102 Å². The van der Waals surface area contributed by atoms with Crippen LogP contribution in [0.1, 0.15) is 51.6 Å². The van der Waals surface area contributed by atoms with E-state index in [2.05, 4.69) is 52.4 Å². The molecule has 2 aliphatic carbocycles. The molecule has 4 aliphatic rings. The van der Waals surface area contributed by atoms with Gasteiger partial charge >= 0.3 is 11.9 Å². The average molecular weight is 843 g/mol. The number of para-hydroxylation sites is 1. The van der Waals surface area contributed by atoms with Crippen molar-refractivity contribution in [2.24, 2.45) is 17.8 Å². The molecule has 6 atom stereocenters. The summed E-state index contributed by atoms with van der Waals surface area (Å²) in [7, 11) is 9.10. The lowest BCUT2D eigenvalue weighted by molar-refractivity contribution is -0.176. The van der Waals surface area contributed by atoms with Crippen molar-refractivity contribution in [2.45, 2.75) is 43.9 Å². The Morgan fingerprint density at radius 2 is 1.60 bits per heavy atom. The first-order valence-electron chi connectivity index (χ1n) is 21.0. The third kappa shape index (κ3) is 8.36. The SMILES string of the molecule is C1=Cc2ccccc2C1.COC(=O)[C@H]1[C@H]2C[C@@H]3c4[nH]c5cc(OC)ccc5c4CCN3C[C@H]2C[C@@H](OC(=O)c2cc(OC)c(OC)c(OC)c2)[C@@H]1OC.c1ccc2occc2c1. The highest BCUT2D eigenvalue weighted by Gasteiger charge is 2.54. The highest BCUT2D eigenvalue weighted by molar-refractivity contribution is 5.91. The summed E-state index contributed by atoms with van der Waals surface area (Å²) in [6.45, 7) is 1.68. The minimum Gasteiger partial charge on any atom is -0.497 e. The second-order valence-corrected chi connectivity index (χ2v) is 16.0. The molecule has 1 saturated heterocycles. The number of H-pyrrole nitrogens is 1. The molecule has 1 saturated carbocycles. The number of piperidine rings is 1. The molecule has 6 aromatic rings. The lowest BCUT2D eigenvalue weighted by Gasteiger charge is -2.52. The Morgan fingerprint density at radius 1 is 0.823 bits per heavy atom. The van der Waals surface area contributed by atoms with Gasteiger partial charge in [-0.05, 0) is 90.6 Å². The zero-order valence-electron chi connectivity index (χ0n) is 36.1.